The van der Waals surface area contributed by atoms with Gasteiger partial charge in [0, 0.05) is 18.6 Å². The van der Waals surface area contributed by atoms with Crippen LogP contribution in [0.15, 0.2) is 53.7 Å². The second-order valence-electron chi connectivity index (χ2n) is 4.03. The highest BCUT2D eigenvalue weighted by atomic mass is 32.2. The van der Waals surface area contributed by atoms with E-state index in [-0.39, 0.29) is 4.90 Å². The number of rotatable bonds is 3. The summed E-state index contributed by atoms with van der Waals surface area (Å²) in [6.07, 6.45) is 3.46. The summed E-state index contributed by atoms with van der Waals surface area (Å²) in [5, 5.41) is 10.2. The van der Waals surface area contributed by atoms with Gasteiger partial charge in [0.25, 0.3) is 0 Å². The van der Waals surface area contributed by atoms with Crippen LogP contribution in [0.2, 0.25) is 0 Å². The summed E-state index contributed by atoms with van der Waals surface area (Å²) in [6.45, 7) is 0. The minimum atomic E-state index is -3.26. The molecule has 2 aromatic rings. The molecule has 0 aliphatic rings. The molecule has 1 atom stereocenters. The summed E-state index contributed by atoms with van der Waals surface area (Å²) in [5.74, 6) is 0. The van der Waals surface area contributed by atoms with Crippen molar-refractivity contribution in [2.75, 3.05) is 6.26 Å². The molecule has 94 valence electrons. The first kappa shape index (κ1) is 12.7. The molecule has 1 N–H and O–H groups in total. The first-order valence-corrected chi connectivity index (χ1v) is 7.25. The third-order valence-electron chi connectivity index (χ3n) is 2.62. The zero-order valence-corrected chi connectivity index (χ0v) is 10.6. The van der Waals surface area contributed by atoms with Gasteiger partial charge in [0.2, 0.25) is 0 Å². The first-order chi connectivity index (χ1) is 8.48. The van der Waals surface area contributed by atoms with E-state index in [1.54, 1.807) is 36.7 Å². The highest BCUT2D eigenvalue weighted by molar-refractivity contribution is 7.90. The molecule has 2 rings (SSSR count). The van der Waals surface area contributed by atoms with Crippen molar-refractivity contribution < 1.29 is 13.5 Å². The lowest BCUT2D eigenvalue weighted by Gasteiger charge is -2.12. The zero-order chi connectivity index (χ0) is 13.2. The number of pyridine rings is 1. The third-order valence-corrected chi connectivity index (χ3v) is 3.73. The second-order valence-corrected chi connectivity index (χ2v) is 6.04. The smallest absolute Gasteiger partial charge is 0.175 e. The van der Waals surface area contributed by atoms with Crippen LogP contribution < -0.4 is 0 Å². The van der Waals surface area contributed by atoms with Gasteiger partial charge in [-0.05, 0) is 35.4 Å². The quantitative estimate of drug-likeness (QED) is 0.912. The summed E-state index contributed by atoms with van der Waals surface area (Å²) in [6, 6.07) is 9.70. The largest absolute Gasteiger partial charge is 0.384 e. The van der Waals surface area contributed by atoms with Crippen LogP contribution in [0, 0.1) is 0 Å². The fourth-order valence-corrected chi connectivity index (χ4v) is 2.33. The average molecular weight is 263 g/mol. The molecule has 0 spiro atoms. The zero-order valence-electron chi connectivity index (χ0n) is 9.82. The van der Waals surface area contributed by atoms with Crippen molar-refractivity contribution in [3.8, 4) is 0 Å². The van der Waals surface area contributed by atoms with Crippen LogP contribution >= 0.6 is 0 Å². The molecule has 0 unspecified atom stereocenters. The molecule has 0 aliphatic heterocycles. The number of benzene rings is 1. The van der Waals surface area contributed by atoms with Crippen LogP contribution in [-0.2, 0) is 9.84 Å². The van der Waals surface area contributed by atoms with E-state index in [2.05, 4.69) is 4.98 Å². The minimum absolute atomic E-state index is 0.202. The Bertz CT molecular complexity index is 638. The monoisotopic (exact) mass is 263 g/mol. The summed E-state index contributed by atoms with van der Waals surface area (Å²) in [7, 11) is -3.26. The van der Waals surface area contributed by atoms with Crippen LogP contribution in [0.4, 0.5) is 0 Å². The molecule has 1 aromatic heterocycles. The van der Waals surface area contributed by atoms with Crippen LogP contribution in [0.5, 0.6) is 0 Å². The molecule has 0 amide bonds. The van der Waals surface area contributed by atoms with Gasteiger partial charge in [-0.1, -0.05) is 12.1 Å². The van der Waals surface area contributed by atoms with Crippen molar-refractivity contribution in [2.45, 2.75) is 11.0 Å². The van der Waals surface area contributed by atoms with Crippen LogP contribution in [0.25, 0.3) is 0 Å². The molecular formula is C13H13NO3S. The van der Waals surface area contributed by atoms with Gasteiger partial charge in [0.15, 0.2) is 9.84 Å². The van der Waals surface area contributed by atoms with Gasteiger partial charge in [-0.15, -0.1) is 0 Å². The standard InChI is InChI=1S/C13H13NO3S/c1-18(16,17)12-4-2-3-11(9-12)13(15)10-5-7-14-8-6-10/h2-9,13,15H,1H3/t13-/m0/s1. The number of nitrogens with zero attached hydrogens (tertiary/aromatic N) is 1. The number of sulfone groups is 1. The van der Waals surface area contributed by atoms with E-state index >= 15 is 0 Å². The molecule has 1 heterocycles. The van der Waals surface area contributed by atoms with E-state index in [0.717, 1.165) is 6.26 Å². The lowest BCUT2D eigenvalue weighted by atomic mass is 10.0. The SMILES string of the molecule is CS(=O)(=O)c1cccc([C@@H](O)c2ccncc2)c1. The van der Waals surface area contributed by atoms with Gasteiger partial charge in [0.1, 0.15) is 6.10 Å². The van der Waals surface area contributed by atoms with Gasteiger partial charge >= 0.3 is 0 Å². The fourth-order valence-electron chi connectivity index (χ4n) is 1.65. The lowest BCUT2D eigenvalue weighted by molar-refractivity contribution is 0.220. The summed E-state index contributed by atoms with van der Waals surface area (Å²) in [4.78, 5) is 4.07. The van der Waals surface area contributed by atoms with Gasteiger partial charge in [-0.25, -0.2) is 8.42 Å². The van der Waals surface area contributed by atoms with Crippen LogP contribution in [0.3, 0.4) is 0 Å². The molecule has 0 fully saturated rings. The molecule has 4 nitrogen and oxygen atoms in total. The van der Waals surface area contributed by atoms with E-state index in [1.807, 2.05) is 0 Å². The Kier molecular flexibility index (Phi) is 3.45. The number of hydrogen-bond acceptors (Lipinski definition) is 4. The van der Waals surface area contributed by atoms with Crippen molar-refractivity contribution in [1.29, 1.82) is 0 Å². The highest BCUT2D eigenvalue weighted by Gasteiger charge is 2.13. The number of hydrogen-bond donors (Lipinski definition) is 1. The summed E-state index contributed by atoms with van der Waals surface area (Å²) >= 11 is 0. The Balaban J connectivity index is 2.41. The minimum Gasteiger partial charge on any atom is -0.384 e. The average Bonchev–Trinajstić information content (AvgIpc) is 2.38. The van der Waals surface area contributed by atoms with Crippen molar-refractivity contribution in [3.63, 3.8) is 0 Å². The van der Waals surface area contributed by atoms with Gasteiger partial charge in [-0.3, -0.25) is 4.98 Å². The predicted octanol–water partition coefficient (Wildman–Crippen LogP) is 1.57. The Hall–Kier alpha value is -1.72. The molecule has 0 radical (unpaired) electrons. The van der Waals surface area contributed by atoms with Gasteiger partial charge in [-0.2, -0.15) is 0 Å². The number of aliphatic hydroxyl groups excluding tert-OH is 1. The van der Waals surface area contributed by atoms with E-state index in [9.17, 15) is 13.5 Å². The molecule has 0 saturated carbocycles. The predicted molar refractivity (Wildman–Crippen MR) is 67.9 cm³/mol. The number of aromatic nitrogens is 1. The second kappa shape index (κ2) is 4.88. The molecule has 18 heavy (non-hydrogen) atoms. The van der Waals surface area contributed by atoms with Crippen molar-refractivity contribution in [2.24, 2.45) is 0 Å². The van der Waals surface area contributed by atoms with Gasteiger partial charge in [0.05, 0.1) is 4.90 Å². The Morgan fingerprint density at radius 2 is 1.78 bits per heavy atom. The van der Waals surface area contributed by atoms with Gasteiger partial charge < -0.3 is 5.11 Å². The summed E-state index contributed by atoms with van der Waals surface area (Å²) in [5.41, 5.74) is 1.22. The van der Waals surface area contributed by atoms with Crippen molar-refractivity contribution in [1.82, 2.24) is 4.98 Å². The van der Waals surface area contributed by atoms with Crippen molar-refractivity contribution in [3.05, 3.63) is 59.9 Å². The van der Waals surface area contributed by atoms with E-state index in [4.69, 9.17) is 0 Å². The van der Waals surface area contributed by atoms with E-state index in [1.165, 1.54) is 12.1 Å². The first-order valence-electron chi connectivity index (χ1n) is 5.36. The molecule has 0 saturated heterocycles. The third kappa shape index (κ3) is 2.75. The summed E-state index contributed by atoms with van der Waals surface area (Å²) < 4.78 is 22.9. The Labute approximate surface area is 106 Å². The molecular weight excluding hydrogens is 250 g/mol. The maximum absolute atomic E-state index is 11.5. The van der Waals surface area contributed by atoms with E-state index < -0.39 is 15.9 Å². The number of aliphatic hydroxyl groups is 1. The van der Waals surface area contributed by atoms with Crippen molar-refractivity contribution >= 4 is 9.84 Å². The maximum atomic E-state index is 11.5. The van der Waals surface area contributed by atoms with E-state index in [0.29, 0.717) is 11.1 Å². The van der Waals surface area contributed by atoms with Crippen LogP contribution in [-0.4, -0.2) is 24.8 Å². The Morgan fingerprint density at radius 3 is 2.39 bits per heavy atom. The normalized spacial score (nSPS) is 13.2. The molecule has 0 bridgehead atoms. The Morgan fingerprint density at radius 1 is 1.11 bits per heavy atom. The lowest BCUT2D eigenvalue weighted by Crippen LogP contribution is -2.03. The molecule has 5 heteroatoms. The maximum Gasteiger partial charge on any atom is 0.175 e. The molecule has 0 aliphatic carbocycles. The molecule has 1 aromatic carbocycles. The highest BCUT2D eigenvalue weighted by Crippen LogP contribution is 2.23. The van der Waals surface area contributed by atoms with Crippen LogP contribution in [0.1, 0.15) is 17.2 Å². The topological polar surface area (TPSA) is 67.3 Å². The fraction of sp³-hybridized carbons (Fsp3) is 0.154.